The molecular formula is C27H37N5. The molecule has 3 aliphatic heterocycles. The highest BCUT2D eigenvalue weighted by Gasteiger charge is 2.40. The Hall–Kier alpha value is -1.95. The molecule has 170 valence electrons. The highest BCUT2D eigenvalue weighted by Crippen LogP contribution is 2.37. The van der Waals surface area contributed by atoms with Gasteiger partial charge in [0.25, 0.3) is 0 Å². The molecule has 0 spiro atoms. The van der Waals surface area contributed by atoms with Crippen LogP contribution in [-0.2, 0) is 19.4 Å². The third-order valence-corrected chi connectivity index (χ3v) is 8.65. The molecule has 0 amide bonds. The van der Waals surface area contributed by atoms with E-state index >= 15 is 0 Å². The average Bonchev–Trinajstić information content (AvgIpc) is 3.40. The zero-order valence-corrected chi connectivity index (χ0v) is 19.6. The molecule has 1 unspecified atom stereocenters. The van der Waals surface area contributed by atoms with Gasteiger partial charge in [-0.05, 0) is 87.5 Å². The SMILES string of the molecule is CN(C[C@H]1Cc2c(cccc2N2C[C@@H]3CCN(C)[C@@H]3C2)CN1)C1CCCc2cccnc21. The number of aromatic nitrogens is 1. The monoisotopic (exact) mass is 431 g/mol. The molecule has 2 aromatic rings. The smallest absolute Gasteiger partial charge is 0.0607 e. The van der Waals surface area contributed by atoms with Crippen molar-refractivity contribution in [1.82, 2.24) is 20.1 Å². The summed E-state index contributed by atoms with van der Waals surface area (Å²) in [6.07, 6.45) is 8.12. The van der Waals surface area contributed by atoms with Gasteiger partial charge in [0.2, 0.25) is 0 Å². The molecule has 1 N–H and O–H groups in total. The van der Waals surface area contributed by atoms with E-state index in [1.54, 1.807) is 5.56 Å². The second kappa shape index (κ2) is 8.44. The number of nitrogens with one attached hydrogen (secondary N) is 1. The summed E-state index contributed by atoms with van der Waals surface area (Å²) in [5, 5.41) is 3.85. The Kier molecular flexibility index (Phi) is 5.44. The quantitative estimate of drug-likeness (QED) is 0.804. The lowest BCUT2D eigenvalue weighted by Crippen LogP contribution is -2.45. The molecule has 4 aliphatic rings. The van der Waals surface area contributed by atoms with E-state index in [9.17, 15) is 0 Å². The number of likely N-dealkylation sites (tertiary alicyclic amines) is 1. The number of anilines is 1. The molecule has 2 fully saturated rings. The molecule has 0 bridgehead atoms. The van der Waals surface area contributed by atoms with Gasteiger partial charge in [-0.15, -0.1) is 0 Å². The fourth-order valence-corrected chi connectivity index (χ4v) is 6.88. The number of fused-ring (bicyclic) bond motifs is 3. The van der Waals surface area contributed by atoms with Crippen LogP contribution in [0.3, 0.4) is 0 Å². The van der Waals surface area contributed by atoms with Gasteiger partial charge in [0.05, 0.1) is 11.7 Å². The Morgan fingerprint density at radius 1 is 1.12 bits per heavy atom. The highest BCUT2D eigenvalue weighted by molar-refractivity contribution is 5.59. The maximum absolute atomic E-state index is 4.78. The van der Waals surface area contributed by atoms with Crippen molar-refractivity contribution >= 4 is 5.69 Å². The summed E-state index contributed by atoms with van der Waals surface area (Å²) >= 11 is 0. The van der Waals surface area contributed by atoms with Crippen molar-refractivity contribution in [3.63, 3.8) is 0 Å². The number of likely N-dealkylation sites (N-methyl/N-ethyl adjacent to an activating group) is 2. The van der Waals surface area contributed by atoms with E-state index in [-0.39, 0.29) is 0 Å². The summed E-state index contributed by atoms with van der Waals surface area (Å²) in [4.78, 5) is 12.6. The van der Waals surface area contributed by atoms with Gasteiger partial charge in [-0.1, -0.05) is 18.2 Å². The Morgan fingerprint density at radius 3 is 2.94 bits per heavy atom. The first kappa shape index (κ1) is 20.6. The second-order valence-corrected chi connectivity index (χ2v) is 10.6. The largest absolute Gasteiger partial charge is 0.369 e. The lowest BCUT2D eigenvalue weighted by Gasteiger charge is -2.37. The third kappa shape index (κ3) is 3.64. The lowest BCUT2D eigenvalue weighted by atomic mass is 9.89. The molecule has 32 heavy (non-hydrogen) atoms. The number of rotatable bonds is 4. The van der Waals surface area contributed by atoms with E-state index in [0.29, 0.717) is 12.1 Å². The van der Waals surface area contributed by atoms with Crippen LogP contribution in [0.4, 0.5) is 5.69 Å². The van der Waals surface area contributed by atoms with Crippen LogP contribution < -0.4 is 10.2 Å². The van der Waals surface area contributed by atoms with Gasteiger partial charge in [-0.2, -0.15) is 0 Å². The van der Waals surface area contributed by atoms with E-state index in [1.807, 2.05) is 6.20 Å². The summed E-state index contributed by atoms with van der Waals surface area (Å²) < 4.78 is 0. The van der Waals surface area contributed by atoms with Crippen LogP contribution in [-0.4, -0.2) is 67.1 Å². The predicted molar refractivity (Wildman–Crippen MR) is 130 cm³/mol. The van der Waals surface area contributed by atoms with Crippen LogP contribution in [0.25, 0.3) is 0 Å². The van der Waals surface area contributed by atoms with Gasteiger partial charge in [0.1, 0.15) is 0 Å². The zero-order chi connectivity index (χ0) is 21.7. The van der Waals surface area contributed by atoms with Crippen molar-refractivity contribution in [2.24, 2.45) is 5.92 Å². The zero-order valence-electron chi connectivity index (χ0n) is 19.6. The third-order valence-electron chi connectivity index (χ3n) is 8.65. The standard InChI is InChI=1S/C27H37N5/c1-30-13-11-21-16-32(18-26(21)30)24-9-4-7-20-15-29-22(14-23(20)24)17-31(2)25-10-3-6-19-8-5-12-28-27(19)25/h4-5,7-9,12,21-22,25-26,29H,3,6,10-11,13-18H2,1-2H3/t21-,22+,25?,26+/m0/s1. The minimum Gasteiger partial charge on any atom is -0.369 e. The fraction of sp³-hybridized carbons (Fsp3) is 0.593. The van der Waals surface area contributed by atoms with Crippen molar-refractivity contribution in [1.29, 1.82) is 0 Å². The average molecular weight is 432 g/mol. The van der Waals surface area contributed by atoms with Gasteiger partial charge in [0.15, 0.2) is 0 Å². The number of aryl methyl sites for hydroxylation is 1. The van der Waals surface area contributed by atoms with Gasteiger partial charge < -0.3 is 15.1 Å². The van der Waals surface area contributed by atoms with Crippen LogP contribution in [0.5, 0.6) is 0 Å². The van der Waals surface area contributed by atoms with E-state index < -0.39 is 0 Å². The molecule has 2 saturated heterocycles. The molecule has 0 radical (unpaired) electrons. The normalized spacial score (nSPS) is 29.8. The molecular weight excluding hydrogens is 394 g/mol. The summed E-state index contributed by atoms with van der Waals surface area (Å²) in [5.41, 5.74) is 7.35. The minimum atomic E-state index is 0.451. The molecule has 0 saturated carbocycles. The molecule has 4 atom stereocenters. The number of nitrogens with zero attached hydrogens (tertiary/aromatic N) is 4. The van der Waals surface area contributed by atoms with E-state index in [4.69, 9.17) is 4.98 Å². The summed E-state index contributed by atoms with van der Waals surface area (Å²) in [6.45, 7) is 5.76. The first-order chi connectivity index (χ1) is 15.7. The van der Waals surface area contributed by atoms with Crippen molar-refractivity contribution in [3.8, 4) is 0 Å². The van der Waals surface area contributed by atoms with Gasteiger partial charge in [0, 0.05) is 50.1 Å². The minimum absolute atomic E-state index is 0.451. The first-order valence-corrected chi connectivity index (χ1v) is 12.6. The topological polar surface area (TPSA) is 34.6 Å². The molecule has 5 heteroatoms. The lowest BCUT2D eigenvalue weighted by molar-refractivity contribution is 0.191. The van der Waals surface area contributed by atoms with Crippen LogP contribution in [0.15, 0.2) is 36.5 Å². The summed E-state index contributed by atoms with van der Waals surface area (Å²) in [7, 11) is 4.61. The number of hydrogen-bond donors (Lipinski definition) is 1. The van der Waals surface area contributed by atoms with Crippen LogP contribution in [0.2, 0.25) is 0 Å². The van der Waals surface area contributed by atoms with E-state index in [2.05, 4.69) is 64.4 Å². The van der Waals surface area contributed by atoms with Gasteiger partial charge >= 0.3 is 0 Å². The van der Waals surface area contributed by atoms with E-state index in [1.165, 1.54) is 67.8 Å². The Labute approximate surface area is 192 Å². The molecule has 1 aliphatic carbocycles. The number of pyridine rings is 1. The number of hydrogen-bond acceptors (Lipinski definition) is 5. The highest BCUT2D eigenvalue weighted by atomic mass is 15.3. The predicted octanol–water partition coefficient (Wildman–Crippen LogP) is 3.25. The maximum atomic E-state index is 4.78. The molecule has 6 rings (SSSR count). The van der Waals surface area contributed by atoms with Crippen molar-refractivity contribution in [2.45, 2.75) is 56.8 Å². The summed E-state index contributed by atoms with van der Waals surface area (Å²) in [5.74, 6) is 0.846. The summed E-state index contributed by atoms with van der Waals surface area (Å²) in [6, 6.07) is 13.0. The second-order valence-electron chi connectivity index (χ2n) is 10.6. The van der Waals surface area contributed by atoms with Crippen molar-refractivity contribution < 1.29 is 0 Å². The molecule has 4 heterocycles. The fourth-order valence-electron chi connectivity index (χ4n) is 6.88. The molecule has 1 aromatic heterocycles. The van der Waals surface area contributed by atoms with Gasteiger partial charge in [-0.3, -0.25) is 9.88 Å². The van der Waals surface area contributed by atoms with Gasteiger partial charge in [-0.25, -0.2) is 0 Å². The van der Waals surface area contributed by atoms with Crippen LogP contribution >= 0.6 is 0 Å². The first-order valence-electron chi connectivity index (χ1n) is 12.6. The Morgan fingerprint density at radius 2 is 2.03 bits per heavy atom. The van der Waals surface area contributed by atoms with Crippen molar-refractivity contribution in [2.75, 3.05) is 45.2 Å². The van der Waals surface area contributed by atoms with Crippen LogP contribution in [0, 0.1) is 5.92 Å². The van der Waals surface area contributed by atoms with E-state index in [0.717, 1.165) is 31.5 Å². The Balaban J connectivity index is 1.18. The maximum Gasteiger partial charge on any atom is 0.0607 e. The molecule has 5 nitrogen and oxygen atoms in total. The van der Waals surface area contributed by atoms with Crippen LogP contribution in [0.1, 0.15) is 47.7 Å². The molecule has 1 aromatic carbocycles. The Bertz CT molecular complexity index is 974. The van der Waals surface area contributed by atoms with Crippen molar-refractivity contribution in [3.05, 3.63) is 58.9 Å². The number of benzene rings is 1.